The largest absolute Gasteiger partial charge is 0.494 e. The van der Waals surface area contributed by atoms with E-state index in [-0.39, 0.29) is 5.91 Å². The van der Waals surface area contributed by atoms with Gasteiger partial charge in [-0.25, -0.2) is 0 Å². The van der Waals surface area contributed by atoms with Gasteiger partial charge in [0.15, 0.2) is 0 Å². The Bertz CT molecular complexity index is 662. The van der Waals surface area contributed by atoms with Crippen molar-refractivity contribution in [1.82, 2.24) is 9.80 Å². The fourth-order valence-electron chi connectivity index (χ4n) is 3.15. The van der Waals surface area contributed by atoms with Crippen LogP contribution in [0, 0.1) is 0 Å². The summed E-state index contributed by atoms with van der Waals surface area (Å²) >= 11 is 0. The first-order valence-corrected chi connectivity index (χ1v) is 9.04. The predicted molar refractivity (Wildman–Crippen MR) is 100 cm³/mol. The monoisotopic (exact) mass is 338 g/mol. The predicted octanol–water partition coefficient (Wildman–Crippen LogP) is 3.09. The number of carbonyl (C=O) groups is 1. The van der Waals surface area contributed by atoms with Crippen LogP contribution in [0.5, 0.6) is 5.75 Å². The smallest absolute Gasteiger partial charge is 0.253 e. The van der Waals surface area contributed by atoms with Crippen LogP contribution in [0.2, 0.25) is 0 Å². The molecule has 1 aliphatic rings. The molecule has 1 saturated heterocycles. The first kappa shape index (κ1) is 17.5. The van der Waals surface area contributed by atoms with Crippen molar-refractivity contribution in [3.8, 4) is 5.75 Å². The van der Waals surface area contributed by atoms with Gasteiger partial charge in [0, 0.05) is 38.3 Å². The summed E-state index contributed by atoms with van der Waals surface area (Å²) in [6.45, 7) is 7.11. The van der Waals surface area contributed by atoms with Gasteiger partial charge in [-0.05, 0) is 43.2 Å². The zero-order valence-corrected chi connectivity index (χ0v) is 14.9. The lowest BCUT2D eigenvalue weighted by atomic mass is 10.1. The number of hydrogen-bond donors (Lipinski definition) is 0. The summed E-state index contributed by atoms with van der Waals surface area (Å²) in [5, 5.41) is 0. The SMILES string of the molecule is CCOc1ccc(C(=O)N2CCN(CCc3ccccc3)CC2)cc1. The second-order valence-electron chi connectivity index (χ2n) is 6.33. The van der Waals surface area contributed by atoms with E-state index in [1.165, 1.54) is 5.56 Å². The van der Waals surface area contributed by atoms with E-state index in [0.717, 1.165) is 50.5 Å². The average Bonchev–Trinajstić information content (AvgIpc) is 2.68. The van der Waals surface area contributed by atoms with E-state index < -0.39 is 0 Å². The third-order valence-corrected chi connectivity index (χ3v) is 4.63. The fourth-order valence-corrected chi connectivity index (χ4v) is 3.15. The molecule has 1 aliphatic heterocycles. The second kappa shape index (κ2) is 8.67. The lowest BCUT2D eigenvalue weighted by Gasteiger charge is -2.34. The summed E-state index contributed by atoms with van der Waals surface area (Å²) in [4.78, 5) is 17.0. The lowest BCUT2D eigenvalue weighted by Crippen LogP contribution is -2.49. The minimum atomic E-state index is 0.116. The summed E-state index contributed by atoms with van der Waals surface area (Å²) in [5.74, 6) is 0.926. The maximum atomic E-state index is 12.6. The minimum absolute atomic E-state index is 0.116. The second-order valence-corrected chi connectivity index (χ2v) is 6.33. The molecule has 25 heavy (non-hydrogen) atoms. The van der Waals surface area contributed by atoms with Gasteiger partial charge in [0.1, 0.15) is 5.75 Å². The molecule has 0 saturated carbocycles. The molecule has 4 heteroatoms. The van der Waals surface area contributed by atoms with Gasteiger partial charge in [-0.15, -0.1) is 0 Å². The Morgan fingerprint density at radius 2 is 1.64 bits per heavy atom. The Hall–Kier alpha value is -2.33. The standard InChI is InChI=1S/C21H26N2O2/c1-2-25-20-10-8-19(9-11-20)21(24)23-16-14-22(15-17-23)13-12-18-6-4-3-5-7-18/h3-11H,2,12-17H2,1H3. The number of carbonyl (C=O) groups excluding carboxylic acids is 1. The molecule has 132 valence electrons. The van der Waals surface area contributed by atoms with Crippen molar-refractivity contribution in [2.75, 3.05) is 39.3 Å². The molecule has 0 atom stereocenters. The summed E-state index contributed by atoms with van der Waals surface area (Å²) < 4.78 is 5.43. The van der Waals surface area contributed by atoms with Crippen LogP contribution >= 0.6 is 0 Å². The van der Waals surface area contributed by atoms with Gasteiger partial charge in [-0.2, -0.15) is 0 Å². The molecule has 2 aromatic carbocycles. The summed E-state index contributed by atoms with van der Waals surface area (Å²) in [6.07, 6.45) is 1.06. The van der Waals surface area contributed by atoms with E-state index in [9.17, 15) is 4.79 Å². The van der Waals surface area contributed by atoms with E-state index in [1.807, 2.05) is 36.1 Å². The highest BCUT2D eigenvalue weighted by Gasteiger charge is 2.21. The Kier molecular flexibility index (Phi) is 6.07. The fraction of sp³-hybridized carbons (Fsp3) is 0.381. The van der Waals surface area contributed by atoms with Crippen LogP contribution in [0.1, 0.15) is 22.8 Å². The number of ether oxygens (including phenoxy) is 1. The van der Waals surface area contributed by atoms with Gasteiger partial charge in [-0.3, -0.25) is 9.69 Å². The quantitative estimate of drug-likeness (QED) is 0.811. The molecular formula is C21H26N2O2. The zero-order valence-electron chi connectivity index (χ0n) is 14.9. The number of benzene rings is 2. The van der Waals surface area contributed by atoms with Crippen LogP contribution in [0.25, 0.3) is 0 Å². The van der Waals surface area contributed by atoms with Crippen molar-refractivity contribution >= 4 is 5.91 Å². The van der Waals surface area contributed by atoms with Gasteiger partial charge in [0.05, 0.1) is 6.61 Å². The van der Waals surface area contributed by atoms with Crippen molar-refractivity contribution in [2.24, 2.45) is 0 Å². The first-order chi connectivity index (χ1) is 12.3. The van der Waals surface area contributed by atoms with Gasteiger partial charge in [0.2, 0.25) is 0 Å². The third-order valence-electron chi connectivity index (χ3n) is 4.63. The van der Waals surface area contributed by atoms with Crippen LogP contribution in [0.4, 0.5) is 0 Å². The van der Waals surface area contributed by atoms with Gasteiger partial charge in [0.25, 0.3) is 5.91 Å². The molecule has 1 fully saturated rings. The molecule has 4 nitrogen and oxygen atoms in total. The molecule has 1 heterocycles. The highest BCUT2D eigenvalue weighted by molar-refractivity contribution is 5.94. The van der Waals surface area contributed by atoms with Crippen molar-refractivity contribution < 1.29 is 9.53 Å². The third kappa shape index (κ3) is 4.83. The van der Waals surface area contributed by atoms with E-state index in [2.05, 4.69) is 35.2 Å². The molecule has 1 amide bonds. The number of rotatable bonds is 6. The zero-order chi connectivity index (χ0) is 17.5. The molecule has 3 rings (SSSR count). The van der Waals surface area contributed by atoms with Crippen LogP contribution in [-0.4, -0.2) is 55.0 Å². The van der Waals surface area contributed by atoms with Gasteiger partial charge >= 0.3 is 0 Å². The number of amides is 1. The Morgan fingerprint density at radius 3 is 2.28 bits per heavy atom. The van der Waals surface area contributed by atoms with Crippen molar-refractivity contribution in [2.45, 2.75) is 13.3 Å². The summed E-state index contributed by atoms with van der Waals surface area (Å²) in [5.41, 5.74) is 2.11. The topological polar surface area (TPSA) is 32.8 Å². The molecule has 0 radical (unpaired) electrons. The van der Waals surface area contributed by atoms with Crippen molar-refractivity contribution in [1.29, 1.82) is 0 Å². The summed E-state index contributed by atoms with van der Waals surface area (Å²) in [6, 6.07) is 18.0. The van der Waals surface area contributed by atoms with Crippen LogP contribution in [-0.2, 0) is 6.42 Å². The molecule has 0 unspecified atom stereocenters. The minimum Gasteiger partial charge on any atom is -0.494 e. The average molecular weight is 338 g/mol. The first-order valence-electron chi connectivity index (χ1n) is 9.04. The number of hydrogen-bond acceptors (Lipinski definition) is 3. The van der Waals surface area contributed by atoms with E-state index in [4.69, 9.17) is 4.74 Å². The maximum Gasteiger partial charge on any atom is 0.253 e. The molecule has 0 aliphatic carbocycles. The number of piperazine rings is 1. The summed E-state index contributed by atoms with van der Waals surface area (Å²) in [7, 11) is 0. The molecule has 0 spiro atoms. The number of nitrogens with zero attached hydrogens (tertiary/aromatic N) is 2. The Balaban J connectivity index is 1.47. The van der Waals surface area contributed by atoms with Crippen LogP contribution in [0.3, 0.4) is 0 Å². The highest BCUT2D eigenvalue weighted by Crippen LogP contribution is 2.15. The van der Waals surface area contributed by atoms with Gasteiger partial charge in [-0.1, -0.05) is 30.3 Å². The Labute approximate surface area is 150 Å². The van der Waals surface area contributed by atoms with E-state index >= 15 is 0 Å². The molecular weight excluding hydrogens is 312 g/mol. The lowest BCUT2D eigenvalue weighted by molar-refractivity contribution is 0.0638. The van der Waals surface area contributed by atoms with Crippen LogP contribution in [0.15, 0.2) is 54.6 Å². The van der Waals surface area contributed by atoms with E-state index in [1.54, 1.807) is 0 Å². The normalized spacial score (nSPS) is 15.2. The van der Waals surface area contributed by atoms with Crippen molar-refractivity contribution in [3.63, 3.8) is 0 Å². The molecule has 0 N–H and O–H groups in total. The van der Waals surface area contributed by atoms with E-state index in [0.29, 0.717) is 6.61 Å². The van der Waals surface area contributed by atoms with Crippen molar-refractivity contribution in [3.05, 3.63) is 65.7 Å². The molecule has 0 aromatic heterocycles. The Morgan fingerprint density at radius 1 is 0.960 bits per heavy atom. The molecule has 0 bridgehead atoms. The highest BCUT2D eigenvalue weighted by atomic mass is 16.5. The van der Waals surface area contributed by atoms with Crippen LogP contribution < -0.4 is 4.74 Å². The molecule has 2 aromatic rings. The van der Waals surface area contributed by atoms with Gasteiger partial charge < -0.3 is 9.64 Å². The maximum absolute atomic E-state index is 12.6.